The van der Waals surface area contributed by atoms with Gasteiger partial charge in [0.05, 0.1) is 10.6 Å². The Bertz CT molecular complexity index is 1330. The number of carbonyl (C=O) groups is 2. The molecule has 0 aromatic heterocycles. The van der Waals surface area contributed by atoms with Crippen molar-refractivity contribution in [3.8, 4) is 0 Å². The number of anilines is 1. The fraction of sp³-hybridized carbons (Fsp3) is 0.310. The van der Waals surface area contributed by atoms with Gasteiger partial charge in [-0.3, -0.25) is 13.9 Å². The highest BCUT2D eigenvalue weighted by Crippen LogP contribution is 2.29. The van der Waals surface area contributed by atoms with Gasteiger partial charge in [-0.25, -0.2) is 8.42 Å². The number of carbonyl (C=O) groups excluding carboxylic acids is 2. The van der Waals surface area contributed by atoms with Crippen molar-refractivity contribution in [2.45, 2.75) is 44.6 Å². The zero-order valence-corrected chi connectivity index (χ0v) is 23.5. The minimum atomic E-state index is -4.10. The maximum atomic E-state index is 13.8. The Morgan fingerprint density at radius 3 is 2.21 bits per heavy atom. The van der Waals surface area contributed by atoms with Crippen LogP contribution in [0.5, 0.6) is 0 Å². The Morgan fingerprint density at radius 2 is 1.61 bits per heavy atom. The molecule has 9 heteroatoms. The average Bonchev–Trinajstić information content (AvgIpc) is 2.91. The molecule has 0 bridgehead atoms. The lowest BCUT2D eigenvalue weighted by Crippen LogP contribution is -2.52. The van der Waals surface area contributed by atoms with Gasteiger partial charge in [0.15, 0.2) is 0 Å². The van der Waals surface area contributed by atoms with Crippen LogP contribution in [0.25, 0.3) is 0 Å². The largest absolute Gasteiger partial charge is 0.354 e. The van der Waals surface area contributed by atoms with E-state index in [1.807, 2.05) is 37.3 Å². The maximum Gasteiger partial charge on any atom is 0.264 e. The fourth-order valence-electron chi connectivity index (χ4n) is 4.10. The average molecular weight is 556 g/mol. The topological polar surface area (TPSA) is 86.8 Å². The first-order valence-corrected chi connectivity index (χ1v) is 14.4. The van der Waals surface area contributed by atoms with Gasteiger partial charge in [0, 0.05) is 18.1 Å². The van der Waals surface area contributed by atoms with Crippen LogP contribution in [0.4, 0.5) is 5.69 Å². The molecule has 38 heavy (non-hydrogen) atoms. The van der Waals surface area contributed by atoms with Gasteiger partial charge in [-0.1, -0.05) is 67.1 Å². The number of benzene rings is 3. The zero-order chi connectivity index (χ0) is 27.7. The lowest BCUT2D eigenvalue weighted by molar-refractivity contribution is -0.138. The highest BCUT2D eigenvalue weighted by atomic mass is 35.5. The van der Waals surface area contributed by atoms with E-state index in [0.29, 0.717) is 29.2 Å². The predicted molar refractivity (Wildman–Crippen MR) is 152 cm³/mol. The number of amides is 2. The van der Waals surface area contributed by atoms with Gasteiger partial charge in [0.1, 0.15) is 12.6 Å². The SMILES string of the molecule is CCCNC(=O)[C@@H](C)N(CCc1ccccc1)C(=O)CN(c1ccc(Cl)cc1C)S(=O)(=O)c1ccccc1. The molecule has 0 fully saturated rings. The molecular formula is C29H34ClN3O4S. The first kappa shape index (κ1) is 29.2. The second-order valence-corrected chi connectivity index (χ2v) is 11.3. The summed E-state index contributed by atoms with van der Waals surface area (Å²) in [5.41, 5.74) is 1.96. The fourth-order valence-corrected chi connectivity index (χ4v) is 5.82. The molecule has 3 aromatic rings. The van der Waals surface area contributed by atoms with Crippen LogP contribution in [0.1, 0.15) is 31.4 Å². The summed E-state index contributed by atoms with van der Waals surface area (Å²) >= 11 is 6.14. The van der Waals surface area contributed by atoms with Crippen LogP contribution in [0.3, 0.4) is 0 Å². The molecule has 202 valence electrons. The van der Waals surface area contributed by atoms with Gasteiger partial charge in [-0.15, -0.1) is 0 Å². The molecule has 2 amide bonds. The molecule has 3 rings (SSSR count). The molecule has 1 atom stereocenters. The van der Waals surface area contributed by atoms with E-state index in [0.717, 1.165) is 16.3 Å². The Balaban J connectivity index is 1.98. The molecule has 0 heterocycles. The third kappa shape index (κ3) is 7.36. The van der Waals surface area contributed by atoms with E-state index < -0.39 is 28.5 Å². The Morgan fingerprint density at radius 1 is 0.974 bits per heavy atom. The summed E-state index contributed by atoms with van der Waals surface area (Å²) in [5.74, 6) is -0.762. The summed E-state index contributed by atoms with van der Waals surface area (Å²) in [5, 5.41) is 3.30. The van der Waals surface area contributed by atoms with Gasteiger partial charge < -0.3 is 10.2 Å². The van der Waals surface area contributed by atoms with Crippen molar-refractivity contribution in [3.63, 3.8) is 0 Å². The van der Waals surface area contributed by atoms with Crippen molar-refractivity contribution in [2.24, 2.45) is 0 Å². The molecule has 0 aliphatic carbocycles. The van der Waals surface area contributed by atoms with Crippen molar-refractivity contribution >= 4 is 39.1 Å². The van der Waals surface area contributed by atoms with Crippen molar-refractivity contribution < 1.29 is 18.0 Å². The summed E-state index contributed by atoms with van der Waals surface area (Å²) in [6, 6.07) is 21.7. The number of nitrogens with one attached hydrogen (secondary N) is 1. The van der Waals surface area contributed by atoms with E-state index in [4.69, 9.17) is 11.6 Å². The van der Waals surface area contributed by atoms with Crippen LogP contribution < -0.4 is 9.62 Å². The highest BCUT2D eigenvalue weighted by molar-refractivity contribution is 7.92. The van der Waals surface area contributed by atoms with Gasteiger partial charge >= 0.3 is 0 Å². The molecule has 0 aliphatic rings. The standard InChI is InChI=1S/C29H34ClN3O4S/c1-4-18-31-29(35)23(3)32(19-17-24-11-7-5-8-12-24)28(34)21-33(27-16-15-25(30)20-22(27)2)38(36,37)26-13-9-6-10-14-26/h5-16,20,23H,4,17-19,21H2,1-3H3,(H,31,35)/t23-/m1/s1. The van der Waals surface area contributed by atoms with Gasteiger partial charge in [0.25, 0.3) is 10.0 Å². The minimum absolute atomic E-state index is 0.0618. The summed E-state index contributed by atoms with van der Waals surface area (Å²) in [6.07, 6.45) is 1.28. The number of halogens is 1. The van der Waals surface area contributed by atoms with Crippen LogP contribution in [0, 0.1) is 6.92 Å². The Labute approximate surface area is 230 Å². The predicted octanol–water partition coefficient (Wildman–Crippen LogP) is 4.83. The van der Waals surface area contributed by atoms with Crippen LogP contribution >= 0.6 is 11.6 Å². The zero-order valence-electron chi connectivity index (χ0n) is 21.9. The van der Waals surface area contributed by atoms with E-state index in [9.17, 15) is 18.0 Å². The summed E-state index contributed by atoms with van der Waals surface area (Å²) in [4.78, 5) is 28.2. The monoisotopic (exact) mass is 555 g/mol. The number of hydrogen-bond acceptors (Lipinski definition) is 4. The van der Waals surface area contributed by atoms with E-state index in [-0.39, 0.29) is 17.3 Å². The minimum Gasteiger partial charge on any atom is -0.354 e. The Kier molecular flexibility index (Phi) is 10.3. The van der Waals surface area contributed by atoms with E-state index in [1.165, 1.54) is 17.0 Å². The number of nitrogens with zero attached hydrogens (tertiary/aromatic N) is 2. The van der Waals surface area contributed by atoms with E-state index in [1.54, 1.807) is 50.2 Å². The first-order valence-electron chi connectivity index (χ1n) is 12.6. The quantitative estimate of drug-likeness (QED) is 0.347. The molecule has 3 aromatic carbocycles. The van der Waals surface area contributed by atoms with Crippen molar-refractivity contribution in [3.05, 3.63) is 95.0 Å². The lowest BCUT2D eigenvalue weighted by atomic mass is 10.1. The maximum absolute atomic E-state index is 13.8. The number of sulfonamides is 1. The normalized spacial score (nSPS) is 12.0. The summed E-state index contributed by atoms with van der Waals surface area (Å²) < 4.78 is 28.7. The molecule has 0 aliphatic heterocycles. The number of aryl methyl sites for hydroxylation is 1. The van der Waals surface area contributed by atoms with Crippen LogP contribution in [0.2, 0.25) is 5.02 Å². The summed E-state index contributed by atoms with van der Waals surface area (Å²) in [6.45, 7) is 5.62. The molecule has 0 spiro atoms. The third-order valence-corrected chi connectivity index (χ3v) is 8.25. The van der Waals surface area contributed by atoms with E-state index >= 15 is 0 Å². The van der Waals surface area contributed by atoms with Crippen molar-refractivity contribution in [1.29, 1.82) is 0 Å². The molecule has 0 unspecified atom stereocenters. The smallest absolute Gasteiger partial charge is 0.264 e. The van der Waals surface area contributed by atoms with Gasteiger partial charge in [-0.05, 0) is 68.1 Å². The number of rotatable bonds is 12. The molecule has 0 saturated carbocycles. The molecular weight excluding hydrogens is 522 g/mol. The first-order chi connectivity index (χ1) is 18.1. The highest BCUT2D eigenvalue weighted by Gasteiger charge is 2.32. The summed E-state index contributed by atoms with van der Waals surface area (Å²) in [7, 11) is -4.10. The molecule has 0 radical (unpaired) electrons. The molecule has 7 nitrogen and oxygen atoms in total. The third-order valence-electron chi connectivity index (χ3n) is 6.24. The second-order valence-electron chi connectivity index (χ2n) is 9.05. The number of hydrogen-bond donors (Lipinski definition) is 1. The Hall–Kier alpha value is -3.36. The molecule has 0 saturated heterocycles. The van der Waals surface area contributed by atoms with Crippen LogP contribution in [0.15, 0.2) is 83.8 Å². The van der Waals surface area contributed by atoms with Crippen LogP contribution in [-0.2, 0) is 26.0 Å². The van der Waals surface area contributed by atoms with E-state index in [2.05, 4.69) is 5.32 Å². The van der Waals surface area contributed by atoms with Crippen molar-refractivity contribution in [2.75, 3.05) is 23.9 Å². The van der Waals surface area contributed by atoms with Gasteiger partial charge in [0.2, 0.25) is 11.8 Å². The van der Waals surface area contributed by atoms with Crippen LogP contribution in [-0.4, -0.2) is 50.8 Å². The van der Waals surface area contributed by atoms with Crippen molar-refractivity contribution in [1.82, 2.24) is 10.2 Å². The lowest BCUT2D eigenvalue weighted by Gasteiger charge is -2.32. The molecule has 1 N–H and O–H groups in total. The van der Waals surface area contributed by atoms with Gasteiger partial charge in [-0.2, -0.15) is 0 Å². The second kappa shape index (κ2) is 13.4.